The van der Waals surface area contributed by atoms with Gasteiger partial charge in [0.2, 0.25) is 10.8 Å². The summed E-state index contributed by atoms with van der Waals surface area (Å²) in [5.41, 5.74) is 0.804. The van der Waals surface area contributed by atoms with E-state index in [1.165, 1.54) is 0 Å². The topological polar surface area (TPSA) is 56.3 Å². The van der Waals surface area contributed by atoms with Crippen molar-refractivity contribution in [2.75, 3.05) is 0 Å². The van der Waals surface area contributed by atoms with Gasteiger partial charge < -0.3 is 49.6 Å². The zero-order chi connectivity index (χ0) is 13.4. The van der Waals surface area contributed by atoms with E-state index in [1.54, 1.807) is 48.5 Å². The number of benzene rings is 2. The van der Waals surface area contributed by atoms with E-state index < -0.39 is 0 Å². The van der Waals surface area contributed by atoms with Crippen molar-refractivity contribution in [1.29, 1.82) is 10.8 Å². The maximum Gasteiger partial charge on any atom is 2.00 e. The molecule has 2 aromatic carbocycles. The monoisotopic (exact) mass is 482 g/mol. The normalized spacial score (nSPS) is 6.61. The second-order valence-corrected chi connectivity index (χ2v) is 3.92. The Morgan fingerprint density at radius 2 is 0.870 bits per heavy atom. The molecule has 0 aliphatic carbocycles. The van der Waals surface area contributed by atoms with Crippen LogP contribution in [-0.4, -0.2) is 0 Å². The number of hydrogen-bond acceptors (Lipinski definition) is 2. The number of halogens is 6. The smallest absolute Gasteiger partial charge is 1.00 e. The van der Waals surface area contributed by atoms with Crippen LogP contribution in [0.15, 0.2) is 48.5 Å². The van der Waals surface area contributed by atoms with E-state index in [1.807, 2.05) is 0 Å². The van der Waals surface area contributed by atoms with Gasteiger partial charge in [-0.25, -0.2) is 0 Å². The van der Waals surface area contributed by atoms with Gasteiger partial charge in [0.1, 0.15) is 10.0 Å². The summed E-state index contributed by atoms with van der Waals surface area (Å²) in [5.74, 6) is 0. The predicted octanol–water partition coefficient (Wildman–Crippen LogP) is -6.34. The van der Waals surface area contributed by atoms with E-state index in [2.05, 4.69) is 9.95 Å². The molecule has 0 saturated heterocycles. The molecule has 0 N–H and O–H groups in total. The van der Waals surface area contributed by atoms with Crippen molar-refractivity contribution in [1.82, 2.24) is 0 Å². The molecule has 0 radical (unpaired) electrons. The Labute approximate surface area is 182 Å². The Morgan fingerprint density at radius 1 is 0.609 bits per heavy atom. The van der Waals surface area contributed by atoms with Crippen molar-refractivity contribution < 1.29 is 69.1 Å². The molecule has 2 rings (SSSR count). The number of nitrogens with zero attached hydrogens (tertiary/aromatic N) is 4. The van der Waals surface area contributed by atoms with Gasteiger partial charge in [-0.05, 0) is 12.1 Å². The molecule has 0 heterocycles. The van der Waals surface area contributed by atoms with Crippen LogP contribution in [0.5, 0.6) is 0 Å². The average Bonchev–Trinajstić information content (AvgIpc) is 2.41. The van der Waals surface area contributed by atoms with Crippen LogP contribution in [0.2, 0.25) is 10.0 Å². The summed E-state index contributed by atoms with van der Waals surface area (Å²) in [6.07, 6.45) is 0. The van der Waals surface area contributed by atoms with Crippen molar-refractivity contribution in [3.8, 4) is 0 Å². The van der Waals surface area contributed by atoms with E-state index in [9.17, 15) is 0 Å². The molecule has 0 amide bonds. The molecule has 2 aromatic rings. The summed E-state index contributed by atoms with van der Waals surface area (Å²) < 4.78 is 0. The Morgan fingerprint density at radius 3 is 1.04 bits per heavy atom. The second kappa shape index (κ2) is 19.7. The molecule has 0 atom stereocenters. The maximum atomic E-state index is 8.26. The SMILES string of the molecule is N#[N+]c1ccccc1Cl.N#[N+]c1ccccc1Cl.[Cl-].[Cl-].[Cl-].[Cl-].[Zn+2]. The molecule has 0 saturated carbocycles. The van der Waals surface area contributed by atoms with Crippen molar-refractivity contribution in [2.45, 2.75) is 0 Å². The first-order valence-corrected chi connectivity index (χ1v) is 5.64. The van der Waals surface area contributed by atoms with Crippen LogP contribution >= 0.6 is 23.2 Å². The fourth-order valence-electron chi connectivity index (χ4n) is 1.07. The molecule has 11 heteroatoms. The van der Waals surface area contributed by atoms with Crippen LogP contribution in [0.3, 0.4) is 0 Å². The van der Waals surface area contributed by atoms with Crippen LogP contribution in [0, 0.1) is 10.8 Å². The molecule has 0 fully saturated rings. The predicted molar refractivity (Wildman–Crippen MR) is 72.4 cm³/mol. The minimum Gasteiger partial charge on any atom is -1.00 e. The molecule has 0 spiro atoms. The zero-order valence-electron chi connectivity index (χ0n) is 11.4. The maximum absolute atomic E-state index is 8.26. The fourth-order valence-corrected chi connectivity index (χ4v) is 1.41. The molecular weight excluding hydrogens is 478 g/mol. The van der Waals surface area contributed by atoms with Crippen LogP contribution < -0.4 is 49.6 Å². The van der Waals surface area contributed by atoms with Crippen LogP contribution in [0.1, 0.15) is 0 Å². The third-order valence-electron chi connectivity index (χ3n) is 1.92. The molecule has 0 aliphatic rings. The average molecular weight is 486 g/mol. The summed E-state index contributed by atoms with van der Waals surface area (Å²) >= 11 is 11.1. The Balaban J connectivity index is -0.0000000771. The van der Waals surface area contributed by atoms with Gasteiger partial charge in [-0.15, -0.1) is 0 Å². The van der Waals surface area contributed by atoms with Gasteiger partial charge in [0.15, 0.2) is 9.95 Å². The van der Waals surface area contributed by atoms with Crippen LogP contribution in [0.4, 0.5) is 11.4 Å². The van der Waals surface area contributed by atoms with Gasteiger partial charge in [0.25, 0.3) is 0 Å². The summed E-state index contributed by atoms with van der Waals surface area (Å²) in [7, 11) is 0. The molecule has 0 aliphatic heterocycles. The molecule has 0 aromatic heterocycles. The molecule has 0 bridgehead atoms. The molecule has 0 unspecified atom stereocenters. The third-order valence-corrected chi connectivity index (χ3v) is 2.56. The first kappa shape index (κ1) is 34.1. The number of diazo groups is 2. The Kier molecular flexibility index (Phi) is 29.2. The molecule has 120 valence electrons. The summed E-state index contributed by atoms with van der Waals surface area (Å²) in [5, 5.41) is 17.4. The standard InChI is InChI=1S/2C6H4ClN2.4ClH.Zn/c2*7-5-3-1-2-4-6(5)9-8;;;;;/h2*1-4H;4*1H;/q2*+1;;;;;+2/p-4. The van der Waals surface area contributed by atoms with Gasteiger partial charge in [-0.1, -0.05) is 47.5 Å². The summed E-state index contributed by atoms with van der Waals surface area (Å²) in [4.78, 5) is 5.88. The van der Waals surface area contributed by atoms with Crippen LogP contribution in [-0.2, 0) is 19.5 Å². The summed E-state index contributed by atoms with van der Waals surface area (Å²) in [6, 6.07) is 13.6. The van der Waals surface area contributed by atoms with E-state index in [4.69, 9.17) is 34.0 Å². The minimum atomic E-state index is 0. The Hall–Kier alpha value is -0.357. The van der Waals surface area contributed by atoms with Crippen molar-refractivity contribution in [2.24, 2.45) is 0 Å². The molecule has 23 heavy (non-hydrogen) atoms. The van der Waals surface area contributed by atoms with Crippen molar-refractivity contribution in [3.63, 3.8) is 0 Å². The molecule has 4 nitrogen and oxygen atoms in total. The quantitative estimate of drug-likeness (QED) is 0.275. The van der Waals surface area contributed by atoms with E-state index in [0.29, 0.717) is 21.4 Å². The number of hydrogen-bond donors (Lipinski definition) is 0. The fraction of sp³-hybridized carbons (Fsp3) is 0. The van der Waals surface area contributed by atoms with Crippen molar-refractivity contribution in [3.05, 3.63) is 68.5 Å². The largest absolute Gasteiger partial charge is 2.00 e. The van der Waals surface area contributed by atoms with Gasteiger partial charge in [-0.2, -0.15) is 0 Å². The van der Waals surface area contributed by atoms with E-state index in [-0.39, 0.29) is 69.1 Å². The zero-order valence-corrected chi connectivity index (χ0v) is 18.9. The summed E-state index contributed by atoms with van der Waals surface area (Å²) in [6.45, 7) is 0. The first-order valence-electron chi connectivity index (χ1n) is 4.88. The van der Waals surface area contributed by atoms with Crippen LogP contribution in [0.25, 0.3) is 9.95 Å². The minimum absolute atomic E-state index is 0. The second-order valence-electron chi connectivity index (χ2n) is 3.10. The van der Waals surface area contributed by atoms with E-state index in [0.717, 1.165) is 0 Å². The van der Waals surface area contributed by atoms with Gasteiger partial charge in [-0.3, -0.25) is 0 Å². The number of rotatable bonds is 0. The van der Waals surface area contributed by atoms with Crippen molar-refractivity contribution >= 4 is 34.6 Å². The van der Waals surface area contributed by atoms with Gasteiger partial charge >= 0.3 is 30.9 Å². The molecular formula is C12H8Cl6N4Zn. The van der Waals surface area contributed by atoms with Gasteiger partial charge in [0, 0.05) is 12.1 Å². The Bertz CT molecular complexity index is 574. The van der Waals surface area contributed by atoms with Gasteiger partial charge in [0.05, 0.1) is 0 Å². The van der Waals surface area contributed by atoms with E-state index >= 15 is 0 Å². The first-order chi connectivity index (χ1) is 8.69. The third kappa shape index (κ3) is 12.7.